The summed E-state index contributed by atoms with van der Waals surface area (Å²) in [7, 11) is 0. The fourth-order valence-corrected chi connectivity index (χ4v) is 4.07. The van der Waals surface area contributed by atoms with Crippen LogP contribution in [0.4, 0.5) is 0 Å². The van der Waals surface area contributed by atoms with Gasteiger partial charge >= 0.3 is 0 Å². The van der Waals surface area contributed by atoms with Crippen molar-refractivity contribution in [3.8, 4) is 0 Å². The molecule has 0 bridgehead atoms. The van der Waals surface area contributed by atoms with Crippen molar-refractivity contribution in [2.75, 3.05) is 19.7 Å². The van der Waals surface area contributed by atoms with Gasteiger partial charge in [0.1, 0.15) is 0 Å². The molecule has 0 aromatic carbocycles. The number of ether oxygens (including phenoxy) is 1. The van der Waals surface area contributed by atoms with Crippen molar-refractivity contribution in [2.45, 2.75) is 63.5 Å². The van der Waals surface area contributed by atoms with Crippen LogP contribution in [0.3, 0.4) is 0 Å². The van der Waals surface area contributed by atoms with Crippen LogP contribution >= 0.6 is 12.2 Å². The van der Waals surface area contributed by atoms with Gasteiger partial charge in [-0.15, -0.1) is 0 Å². The van der Waals surface area contributed by atoms with Crippen LogP contribution in [0.25, 0.3) is 0 Å². The van der Waals surface area contributed by atoms with Gasteiger partial charge in [0.2, 0.25) is 0 Å². The second-order valence-corrected chi connectivity index (χ2v) is 7.43. The highest BCUT2D eigenvalue weighted by Crippen LogP contribution is 2.44. The minimum Gasteiger partial charge on any atom is -0.393 e. The molecule has 1 unspecified atom stereocenters. The summed E-state index contributed by atoms with van der Waals surface area (Å²) in [4.78, 5) is 3.37. The van der Waals surface area contributed by atoms with Gasteiger partial charge in [-0.1, -0.05) is 19.1 Å². The molecule has 108 valence electrons. The summed E-state index contributed by atoms with van der Waals surface area (Å²) in [6.07, 6.45) is 8.60. The Labute approximate surface area is 121 Å². The predicted octanol–water partition coefficient (Wildman–Crippen LogP) is 2.48. The van der Waals surface area contributed by atoms with E-state index in [9.17, 15) is 0 Å². The number of thiocarbonyl (C=S) groups is 1. The maximum atomic E-state index is 6.03. The number of likely N-dealkylation sites (tertiary alicyclic amines) is 1. The van der Waals surface area contributed by atoms with Crippen molar-refractivity contribution in [1.82, 2.24) is 4.90 Å². The Kier molecular flexibility index (Phi) is 3.61. The molecule has 2 heterocycles. The Balaban J connectivity index is 1.58. The van der Waals surface area contributed by atoms with Crippen LogP contribution in [-0.4, -0.2) is 41.2 Å². The molecule has 0 radical (unpaired) electrons. The van der Waals surface area contributed by atoms with Gasteiger partial charge in [0.25, 0.3) is 0 Å². The molecule has 1 aliphatic carbocycles. The van der Waals surface area contributed by atoms with E-state index in [1.165, 1.54) is 32.1 Å². The Hall–Kier alpha value is -0.190. The van der Waals surface area contributed by atoms with E-state index in [0.717, 1.165) is 38.6 Å². The quantitative estimate of drug-likeness (QED) is 0.790. The molecule has 0 aromatic rings. The highest BCUT2D eigenvalue weighted by molar-refractivity contribution is 7.80. The zero-order chi connectivity index (χ0) is 13.5. The summed E-state index contributed by atoms with van der Waals surface area (Å²) >= 11 is 5.23. The molecule has 0 aromatic heterocycles. The number of hydrogen-bond donors (Lipinski definition) is 1. The number of nitrogens with two attached hydrogens (primary N) is 1. The average Bonchev–Trinajstić information content (AvgIpc) is 2.38. The van der Waals surface area contributed by atoms with E-state index in [-0.39, 0.29) is 11.0 Å². The van der Waals surface area contributed by atoms with Gasteiger partial charge < -0.3 is 15.4 Å². The molecule has 1 atom stereocenters. The predicted molar refractivity (Wildman–Crippen MR) is 81.3 cm³/mol. The molecule has 3 rings (SSSR count). The molecule has 2 aliphatic heterocycles. The lowest BCUT2D eigenvalue weighted by molar-refractivity contribution is -0.150. The zero-order valence-electron chi connectivity index (χ0n) is 12.0. The van der Waals surface area contributed by atoms with Crippen LogP contribution in [0.1, 0.15) is 51.9 Å². The molecule has 1 spiro atoms. The third-order valence-corrected chi connectivity index (χ3v) is 6.24. The molecule has 3 aliphatic rings. The minimum atomic E-state index is 0.0884. The molecule has 2 N–H and O–H groups in total. The molecule has 3 fully saturated rings. The fourth-order valence-electron chi connectivity index (χ4n) is 3.86. The monoisotopic (exact) mass is 282 g/mol. The van der Waals surface area contributed by atoms with Crippen molar-refractivity contribution in [3.63, 3.8) is 0 Å². The van der Waals surface area contributed by atoms with Crippen LogP contribution in [0.5, 0.6) is 0 Å². The summed E-state index contributed by atoms with van der Waals surface area (Å²) < 4.78 is 6.03. The van der Waals surface area contributed by atoms with E-state index in [2.05, 4.69) is 11.8 Å². The molecule has 19 heavy (non-hydrogen) atoms. The van der Waals surface area contributed by atoms with Gasteiger partial charge in [0, 0.05) is 18.1 Å². The fraction of sp³-hybridized carbons (Fsp3) is 0.933. The van der Waals surface area contributed by atoms with Crippen LogP contribution in [0.2, 0.25) is 0 Å². The Morgan fingerprint density at radius 2 is 1.95 bits per heavy atom. The highest BCUT2D eigenvalue weighted by Gasteiger charge is 2.45. The second-order valence-electron chi connectivity index (χ2n) is 6.99. The lowest BCUT2D eigenvalue weighted by Crippen LogP contribution is -2.55. The summed E-state index contributed by atoms with van der Waals surface area (Å²) in [6, 6.07) is 0.727. The zero-order valence-corrected chi connectivity index (χ0v) is 12.8. The maximum absolute atomic E-state index is 6.03. The van der Waals surface area contributed by atoms with E-state index in [0.29, 0.717) is 4.99 Å². The Bertz CT molecular complexity index is 359. The number of nitrogens with zero attached hydrogens (tertiary/aromatic N) is 1. The summed E-state index contributed by atoms with van der Waals surface area (Å²) in [5.41, 5.74) is 6.24. The number of hydrogen-bond acceptors (Lipinski definition) is 3. The van der Waals surface area contributed by atoms with Gasteiger partial charge in [-0.3, -0.25) is 0 Å². The Morgan fingerprint density at radius 1 is 1.26 bits per heavy atom. The van der Waals surface area contributed by atoms with Gasteiger partial charge in [0.15, 0.2) is 0 Å². The number of rotatable bonds is 2. The van der Waals surface area contributed by atoms with Gasteiger partial charge in [0.05, 0.1) is 10.6 Å². The summed E-state index contributed by atoms with van der Waals surface area (Å²) in [6.45, 7) is 5.47. The maximum Gasteiger partial charge on any atom is 0.0788 e. The smallest absolute Gasteiger partial charge is 0.0788 e. The molecule has 4 heteroatoms. The third-order valence-electron chi connectivity index (χ3n) is 5.74. The van der Waals surface area contributed by atoms with Gasteiger partial charge in [-0.2, -0.15) is 0 Å². The van der Waals surface area contributed by atoms with Crippen molar-refractivity contribution in [2.24, 2.45) is 11.1 Å². The van der Waals surface area contributed by atoms with Crippen molar-refractivity contribution < 1.29 is 4.74 Å². The first kappa shape index (κ1) is 13.8. The normalized spacial score (nSPS) is 33.8. The first-order valence-electron chi connectivity index (χ1n) is 7.71. The minimum absolute atomic E-state index is 0.0884. The van der Waals surface area contributed by atoms with Crippen LogP contribution in [0.15, 0.2) is 0 Å². The highest BCUT2D eigenvalue weighted by atomic mass is 32.1. The van der Waals surface area contributed by atoms with E-state index < -0.39 is 0 Å². The van der Waals surface area contributed by atoms with Crippen molar-refractivity contribution in [1.29, 1.82) is 0 Å². The summed E-state index contributed by atoms with van der Waals surface area (Å²) in [5.74, 6) is 0. The molecule has 2 saturated heterocycles. The molecular formula is C15H26N2OS. The van der Waals surface area contributed by atoms with E-state index in [4.69, 9.17) is 22.7 Å². The average molecular weight is 282 g/mol. The van der Waals surface area contributed by atoms with Crippen LogP contribution in [0, 0.1) is 5.41 Å². The standard InChI is InChI=1S/C15H26N2OS/c1-14(13(16)19)6-8-17(9-7-14)12-3-10-18-15(11-12)4-2-5-15/h12H,2-11H2,1H3,(H2,16,19). The topological polar surface area (TPSA) is 38.5 Å². The van der Waals surface area contributed by atoms with Crippen LogP contribution < -0.4 is 5.73 Å². The molecular weight excluding hydrogens is 256 g/mol. The lowest BCUT2D eigenvalue weighted by atomic mass is 9.73. The van der Waals surface area contributed by atoms with Crippen molar-refractivity contribution >= 4 is 17.2 Å². The van der Waals surface area contributed by atoms with E-state index in [1.807, 2.05) is 0 Å². The first-order valence-corrected chi connectivity index (χ1v) is 8.12. The first-order chi connectivity index (χ1) is 9.03. The summed E-state index contributed by atoms with van der Waals surface area (Å²) in [5, 5.41) is 0. The van der Waals surface area contributed by atoms with Crippen molar-refractivity contribution in [3.05, 3.63) is 0 Å². The lowest BCUT2D eigenvalue weighted by Gasteiger charge is -2.51. The van der Waals surface area contributed by atoms with Gasteiger partial charge in [-0.05, 0) is 58.0 Å². The Morgan fingerprint density at radius 3 is 2.47 bits per heavy atom. The van der Waals surface area contributed by atoms with E-state index in [1.54, 1.807) is 0 Å². The second kappa shape index (κ2) is 4.97. The van der Waals surface area contributed by atoms with Crippen LogP contribution in [-0.2, 0) is 4.74 Å². The third kappa shape index (κ3) is 2.55. The van der Waals surface area contributed by atoms with E-state index >= 15 is 0 Å². The SMILES string of the molecule is CC1(C(N)=S)CCN(C2CCOC3(CCC3)C2)CC1. The number of piperidine rings is 1. The molecule has 0 amide bonds. The van der Waals surface area contributed by atoms with Gasteiger partial charge in [-0.25, -0.2) is 0 Å². The largest absolute Gasteiger partial charge is 0.393 e. The molecule has 1 saturated carbocycles. The molecule has 3 nitrogen and oxygen atoms in total.